The Morgan fingerprint density at radius 2 is 1.69 bits per heavy atom. The average Bonchev–Trinajstić information content (AvgIpc) is 3.22. The number of primary amides is 1. The number of fused-ring (bicyclic) bond motifs is 1. The molecule has 0 radical (unpaired) electrons. The lowest BCUT2D eigenvalue weighted by atomic mass is 10.0. The number of para-hydroxylation sites is 1. The number of aromatic amines is 1. The van der Waals surface area contributed by atoms with Crippen LogP contribution in [-0.2, 0) is 30.4 Å². The molecule has 2 rings (SSSR count). The number of aromatic nitrogens is 1. The second kappa shape index (κ2) is 13.3. The zero-order valence-corrected chi connectivity index (χ0v) is 20.0. The zero-order valence-electron chi connectivity index (χ0n) is 19.2. The zero-order chi connectivity index (χ0) is 26.0. The highest BCUT2D eigenvalue weighted by atomic mass is 32.2. The van der Waals surface area contributed by atoms with Gasteiger partial charge in [0.2, 0.25) is 23.6 Å². The number of rotatable bonds is 14. The van der Waals surface area contributed by atoms with Crippen molar-refractivity contribution in [2.45, 2.75) is 37.4 Å². The van der Waals surface area contributed by atoms with Crippen molar-refractivity contribution in [1.29, 1.82) is 0 Å². The molecule has 2 aromatic rings. The van der Waals surface area contributed by atoms with E-state index in [2.05, 4.69) is 20.9 Å². The van der Waals surface area contributed by atoms with Gasteiger partial charge in [-0.25, -0.2) is 4.79 Å². The summed E-state index contributed by atoms with van der Waals surface area (Å²) in [5.41, 5.74) is 12.1. The molecule has 0 bridgehead atoms. The van der Waals surface area contributed by atoms with Crippen molar-refractivity contribution in [3.05, 3.63) is 36.0 Å². The number of carboxylic acids is 1. The maximum absolute atomic E-state index is 13.2. The second-order valence-electron chi connectivity index (χ2n) is 7.80. The second-order valence-corrected chi connectivity index (χ2v) is 8.79. The predicted octanol–water partition coefficient (Wildman–Crippen LogP) is -1.16. The van der Waals surface area contributed by atoms with Crippen molar-refractivity contribution < 1.29 is 29.1 Å². The van der Waals surface area contributed by atoms with Gasteiger partial charge in [0.15, 0.2) is 0 Å². The molecule has 0 saturated heterocycles. The highest BCUT2D eigenvalue weighted by molar-refractivity contribution is 7.98. The topological polar surface area (TPSA) is 210 Å². The van der Waals surface area contributed by atoms with Gasteiger partial charge in [-0.05, 0) is 30.1 Å². The van der Waals surface area contributed by atoms with Crippen molar-refractivity contribution in [3.8, 4) is 0 Å². The highest BCUT2D eigenvalue weighted by Gasteiger charge is 2.30. The minimum absolute atomic E-state index is 0.123. The summed E-state index contributed by atoms with van der Waals surface area (Å²) in [5, 5.41) is 17.6. The van der Waals surface area contributed by atoms with Crippen LogP contribution in [0.25, 0.3) is 10.9 Å². The lowest BCUT2D eigenvalue weighted by Gasteiger charge is -2.24. The molecule has 4 amide bonds. The van der Waals surface area contributed by atoms with Gasteiger partial charge in [-0.2, -0.15) is 11.8 Å². The van der Waals surface area contributed by atoms with Crippen LogP contribution >= 0.6 is 11.8 Å². The Labute approximate surface area is 205 Å². The Kier molecular flexibility index (Phi) is 10.5. The van der Waals surface area contributed by atoms with Crippen molar-refractivity contribution in [2.24, 2.45) is 11.5 Å². The van der Waals surface area contributed by atoms with Crippen molar-refractivity contribution in [1.82, 2.24) is 20.9 Å². The summed E-state index contributed by atoms with van der Waals surface area (Å²) in [6.45, 7) is -0.332. The van der Waals surface area contributed by atoms with E-state index in [1.807, 2.05) is 30.5 Å². The van der Waals surface area contributed by atoms with E-state index in [9.17, 15) is 29.1 Å². The number of carbonyl (C=O) groups is 5. The molecule has 1 aromatic heterocycles. The van der Waals surface area contributed by atoms with Crippen molar-refractivity contribution in [2.75, 3.05) is 18.6 Å². The molecule has 0 aliphatic carbocycles. The molecular weight excluding hydrogens is 476 g/mol. The molecule has 0 aliphatic heterocycles. The first-order chi connectivity index (χ1) is 16.7. The number of thioether (sulfide) groups is 1. The SMILES string of the molecule is CSCCC(NC(=O)C(Cc1c[nH]c2ccccc12)NC(=O)CN)C(=O)NC(CC(N)=O)C(=O)O. The van der Waals surface area contributed by atoms with Gasteiger partial charge < -0.3 is 37.5 Å². The maximum atomic E-state index is 13.2. The molecule has 12 nitrogen and oxygen atoms in total. The number of hydrogen-bond donors (Lipinski definition) is 7. The van der Waals surface area contributed by atoms with Crippen LogP contribution < -0.4 is 27.4 Å². The smallest absolute Gasteiger partial charge is 0.326 e. The molecule has 3 unspecified atom stereocenters. The summed E-state index contributed by atoms with van der Waals surface area (Å²) in [4.78, 5) is 63.7. The quantitative estimate of drug-likeness (QED) is 0.166. The van der Waals surface area contributed by atoms with Crippen LogP contribution in [0.4, 0.5) is 0 Å². The summed E-state index contributed by atoms with van der Waals surface area (Å²) in [6.07, 6.45) is 3.26. The molecule has 3 atom stereocenters. The van der Waals surface area contributed by atoms with E-state index in [-0.39, 0.29) is 19.4 Å². The Morgan fingerprint density at radius 1 is 1.03 bits per heavy atom. The Morgan fingerprint density at radius 3 is 2.31 bits per heavy atom. The van der Waals surface area contributed by atoms with Crippen molar-refractivity contribution >= 4 is 52.3 Å². The lowest BCUT2D eigenvalue weighted by molar-refractivity contribution is -0.143. The summed E-state index contributed by atoms with van der Waals surface area (Å²) >= 11 is 1.43. The lowest BCUT2D eigenvalue weighted by Crippen LogP contribution is -2.57. The fraction of sp³-hybridized carbons (Fsp3) is 0.409. The fourth-order valence-electron chi connectivity index (χ4n) is 3.43. The molecule has 0 saturated carbocycles. The number of benzene rings is 1. The number of amides is 4. The highest BCUT2D eigenvalue weighted by Crippen LogP contribution is 2.19. The monoisotopic (exact) mass is 506 g/mol. The molecule has 190 valence electrons. The van der Waals surface area contributed by atoms with Gasteiger partial charge in [0.25, 0.3) is 0 Å². The van der Waals surface area contributed by atoms with Gasteiger partial charge >= 0.3 is 5.97 Å². The number of carboxylic acid groups (broad SMARTS) is 1. The molecule has 0 spiro atoms. The van der Waals surface area contributed by atoms with Crippen molar-refractivity contribution in [3.63, 3.8) is 0 Å². The first-order valence-electron chi connectivity index (χ1n) is 10.8. The summed E-state index contributed by atoms with van der Waals surface area (Å²) < 4.78 is 0. The van der Waals surface area contributed by atoms with E-state index in [0.29, 0.717) is 5.75 Å². The third kappa shape index (κ3) is 8.30. The molecule has 0 fully saturated rings. The molecule has 0 aliphatic rings. The van der Waals surface area contributed by atoms with Crippen LogP contribution in [0.2, 0.25) is 0 Å². The fourth-order valence-corrected chi connectivity index (χ4v) is 3.90. The normalized spacial score (nSPS) is 13.4. The third-order valence-corrected chi connectivity index (χ3v) is 5.84. The first-order valence-corrected chi connectivity index (χ1v) is 12.2. The van der Waals surface area contributed by atoms with Gasteiger partial charge in [0, 0.05) is 23.5 Å². The van der Waals surface area contributed by atoms with Gasteiger partial charge in [-0.15, -0.1) is 0 Å². The van der Waals surface area contributed by atoms with E-state index in [0.717, 1.165) is 16.5 Å². The summed E-state index contributed by atoms with van der Waals surface area (Å²) in [7, 11) is 0. The molecule has 35 heavy (non-hydrogen) atoms. The van der Waals surface area contributed by atoms with E-state index in [1.54, 1.807) is 6.20 Å². The number of aliphatic carboxylic acids is 1. The molecule has 1 heterocycles. The number of hydrogen-bond acceptors (Lipinski definition) is 7. The average molecular weight is 507 g/mol. The minimum Gasteiger partial charge on any atom is -0.480 e. The van der Waals surface area contributed by atoms with E-state index in [1.165, 1.54) is 11.8 Å². The summed E-state index contributed by atoms with van der Waals surface area (Å²) in [6, 6.07) is 3.77. The minimum atomic E-state index is -1.53. The van der Waals surface area contributed by atoms with Gasteiger partial charge in [-0.3, -0.25) is 19.2 Å². The predicted molar refractivity (Wildman–Crippen MR) is 131 cm³/mol. The number of H-pyrrole nitrogens is 1. The van der Waals surface area contributed by atoms with Crippen LogP contribution in [0.1, 0.15) is 18.4 Å². The molecule has 1 aromatic carbocycles. The third-order valence-electron chi connectivity index (χ3n) is 5.20. The van der Waals surface area contributed by atoms with E-state index in [4.69, 9.17) is 11.5 Å². The Balaban J connectivity index is 2.22. The van der Waals surface area contributed by atoms with Gasteiger partial charge in [0.1, 0.15) is 18.1 Å². The van der Waals surface area contributed by atoms with Crippen LogP contribution in [0.15, 0.2) is 30.5 Å². The van der Waals surface area contributed by atoms with Crippen LogP contribution in [0.3, 0.4) is 0 Å². The largest absolute Gasteiger partial charge is 0.480 e. The van der Waals surface area contributed by atoms with Gasteiger partial charge in [-0.1, -0.05) is 18.2 Å². The van der Waals surface area contributed by atoms with Crippen LogP contribution in [0.5, 0.6) is 0 Å². The first kappa shape index (κ1) is 27.7. The van der Waals surface area contributed by atoms with E-state index >= 15 is 0 Å². The molecule has 13 heteroatoms. The van der Waals surface area contributed by atoms with Crippen LogP contribution in [0, 0.1) is 0 Å². The summed E-state index contributed by atoms with van der Waals surface area (Å²) in [5.74, 6) is -3.82. The maximum Gasteiger partial charge on any atom is 0.326 e. The number of nitrogens with one attached hydrogen (secondary N) is 4. The number of carbonyl (C=O) groups excluding carboxylic acids is 4. The van der Waals surface area contributed by atoms with E-state index < -0.39 is 54.1 Å². The number of nitrogens with two attached hydrogens (primary N) is 2. The van der Waals surface area contributed by atoms with Gasteiger partial charge in [0.05, 0.1) is 13.0 Å². The Hall–Kier alpha value is -3.58. The van der Waals surface area contributed by atoms with Crippen LogP contribution in [-0.4, -0.2) is 76.4 Å². The molecular formula is C22H30N6O6S. The standard InChI is InChI=1S/C22H30N6O6S/c1-35-7-6-15(20(31)28-17(22(33)34)9-18(24)29)27-21(32)16(26-19(30)10-23)8-12-11-25-14-5-3-2-4-13(12)14/h2-5,11,15-17,25H,6-10,23H2,1H3,(H2,24,29)(H,26,30)(H,27,32)(H,28,31)(H,33,34). The molecule has 9 N–H and O–H groups in total. The Bertz CT molecular complexity index is 1070.